The summed E-state index contributed by atoms with van der Waals surface area (Å²) in [5, 5.41) is 37.1. The summed E-state index contributed by atoms with van der Waals surface area (Å²) < 4.78 is 5.66. The molecule has 1 amide bonds. The second-order valence-electron chi connectivity index (χ2n) is 10.7. The number of fused-ring (bicyclic) bond motifs is 1. The third-order valence-corrected chi connectivity index (χ3v) is 6.79. The van der Waals surface area contributed by atoms with E-state index in [4.69, 9.17) is 10.5 Å². The molecule has 0 saturated carbocycles. The number of carbonyl (C=O) groups excluding carboxylic acids is 1. The third-order valence-electron chi connectivity index (χ3n) is 6.79. The zero-order chi connectivity index (χ0) is 30.5. The Morgan fingerprint density at radius 2 is 1.71 bits per heavy atom. The van der Waals surface area contributed by atoms with Crippen LogP contribution in [0.2, 0.25) is 0 Å². The van der Waals surface area contributed by atoms with E-state index in [1.165, 1.54) is 17.7 Å². The number of aryl methyl sites for hydroxylation is 1. The summed E-state index contributed by atoms with van der Waals surface area (Å²) in [5.41, 5.74) is 8.10. The number of carbonyl (C=O) groups is 1. The minimum absolute atomic E-state index is 0.0173. The number of ether oxygens (including phenoxy) is 1. The van der Waals surface area contributed by atoms with E-state index in [0.29, 0.717) is 31.3 Å². The number of aromatic hydroxyl groups is 1. The Labute approximate surface area is 247 Å². The lowest BCUT2D eigenvalue weighted by atomic mass is 10.0. The molecule has 0 saturated heterocycles. The van der Waals surface area contributed by atoms with Gasteiger partial charge < -0.3 is 41.4 Å². The SMILES string of the molecule is CC(C)NCC(O)COc1cccc2[nH]ccc12.CC(CCc1ccccc1)NCC(O)c1ccc(O)c(C(N)=O)c1. The van der Waals surface area contributed by atoms with Crippen LogP contribution in [-0.2, 0) is 6.42 Å². The number of hydrogen-bond acceptors (Lipinski definition) is 7. The average molecular weight is 577 g/mol. The van der Waals surface area contributed by atoms with Crippen LogP contribution < -0.4 is 21.1 Å². The summed E-state index contributed by atoms with van der Waals surface area (Å²) >= 11 is 0. The van der Waals surface area contributed by atoms with Crippen LogP contribution in [0.4, 0.5) is 0 Å². The number of phenols is 1. The maximum Gasteiger partial charge on any atom is 0.252 e. The molecule has 3 aromatic carbocycles. The number of nitrogens with one attached hydrogen (secondary N) is 3. The summed E-state index contributed by atoms with van der Waals surface area (Å²) in [5.74, 6) is -0.0919. The van der Waals surface area contributed by atoms with Gasteiger partial charge in [-0.1, -0.05) is 56.3 Å². The predicted molar refractivity (Wildman–Crippen MR) is 167 cm³/mol. The smallest absolute Gasteiger partial charge is 0.252 e. The normalized spacial score (nSPS) is 13.3. The van der Waals surface area contributed by atoms with E-state index in [1.807, 2.05) is 62.5 Å². The Kier molecular flexibility index (Phi) is 12.8. The van der Waals surface area contributed by atoms with E-state index in [2.05, 4.69) is 34.7 Å². The molecular formula is C33H44N4O5. The maximum atomic E-state index is 11.2. The second-order valence-corrected chi connectivity index (χ2v) is 10.7. The van der Waals surface area contributed by atoms with Crippen molar-refractivity contribution in [3.8, 4) is 11.5 Å². The zero-order valence-corrected chi connectivity index (χ0v) is 24.6. The van der Waals surface area contributed by atoms with Crippen molar-refractivity contribution in [2.24, 2.45) is 5.73 Å². The molecule has 3 atom stereocenters. The number of benzene rings is 3. The van der Waals surface area contributed by atoms with E-state index in [-0.39, 0.29) is 17.4 Å². The van der Waals surface area contributed by atoms with Crippen LogP contribution in [0.3, 0.4) is 0 Å². The first-order valence-electron chi connectivity index (χ1n) is 14.3. The van der Waals surface area contributed by atoms with Gasteiger partial charge in [0.1, 0.15) is 24.2 Å². The monoisotopic (exact) mass is 576 g/mol. The second kappa shape index (κ2) is 16.5. The molecule has 4 aromatic rings. The zero-order valence-electron chi connectivity index (χ0n) is 24.6. The Hall–Kier alpha value is -3.89. The quantitative estimate of drug-likeness (QED) is 0.120. The van der Waals surface area contributed by atoms with Crippen molar-refractivity contribution in [1.29, 1.82) is 0 Å². The summed E-state index contributed by atoms with van der Waals surface area (Å²) in [6.45, 7) is 7.37. The molecule has 0 aliphatic carbocycles. The molecule has 1 aromatic heterocycles. The summed E-state index contributed by atoms with van der Waals surface area (Å²) in [6, 6.07) is 23.1. The van der Waals surface area contributed by atoms with Gasteiger partial charge in [0.2, 0.25) is 0 Å². The van der Waals surface area contributed by atoms with Gasteiger partial charge in [0.15, 0.2) is 0 Å². The van der Waals surface area contributed by atoms with Crippen LogP contribution in [-0.4, -0.2) is 64.1 Å². The fourth-order valence-electron chi connectivity index (χ4n) is 4.32. The Morgan fingerprint density at radius 3 is 2.43 bits per heavy atom. The molecule has 3 unspecified atom stereocenters. The number of aliphatic hydroxyl groups excluding tert-OH is 2. The van der Waals surface area contributed by atoms with Gasteiger partial charge in [-0.25, -0.2) is 0 Å². The van der Waals surface area contributed by atoms with Crippen LogP contribution in [0.15, 0.2) is 79.0 Å². The highest BCUT2D eigenvalue weighted by Crippen LogP contribution is 2.24. The molecule has 0 radical (unpaired) electrons. The first-order valence-corrected chi connectivity index (χ1v) is 14.3. The predicted octanol–water partition coefficient (Wildman–Crippen LogP) is 4.04. The number of amides is 1. The highest BCUT2D eigenvalue weighted by Gasteiger charge is 2.14. The lowest BCUT2D eigenvalue weighted by molar-refractivity contribution is 0.0997. The number of rotatable bonds is 14. The number of aromatic nitrogens is 1. The minimum atomic E-state index is -0.775. The van der Waals surface area contributed by atoms with Crippen molar-refractivity contribution in [3.63, 3.8) is 0 Å². The van der Waals surface area contributed by atoms with E-state index in [0.717, 1.165) is 29.5 Å². The molecule has 0 aliphatic heterocycles. The van der Waals surface area contributed by atoms with Gasteiger partial charge in [0.05, 0.1) is 11.7 Å². The molecule has 0 bridgehead atoms. The number of primary amides is 1. The van der Waals surface area contributed by atoms with Crippen molar-refractivity contribution >= 4 is 16.8 Å². The van der Waals surface area contributed by atoms with Crippen molar-refractivity contribution in [3.05, 3.63) is 95.7 Å². The van der Waals surface area contributed by atoms with Crippen LogP contribution in [0.25, 0.3) is 10.9 Å². The van der Waals surface area contributed by atoms with E-state index in [9.17, 15) is 20.1 Å². The van der Waals surface area contributed by atoms with Crippen molar-refractivity contribution in [1.82, 2.24) is 15.6 Å². The minimum Gasteiger partial charge on any atom is -0.507 e. The molecule has 9 heteroatoms. The topological polar surface area (TPSA) is 153 Å². The number of aliphatic hydroxyl groups is 2. The molecule has 1 heterocycles. The van der Waals surface area contributed by atoms with Gasteiger partial charge in [-0.05, 0) is 61.2 Å². The molecule has 0 spiro atoms. The molecular weight excluding hydrogens is 532 g/mol. The van der Waals surface area contributed by atoms with Crippen LogP contribution >= 0.6 is 0 Å². The molecule has 42 heavy (non-hydrogen) atoms. The molecule has 9 nitrogen and oxygen atoms in total. The Balaban J connectivity index is 0.000000240. The average Bonchev–Trinajstić information content (AvgIpc) is 3.47. The van der Waals surface area contributed by atoms with Gasteiger partial charge in [0, 0.05) is 42.3 Å². The van der Waals surface area contributed by atoms with Gasteiger partial charge in [0.25, 0.3) is 5.91 Å². The van der Waals surface area contributed by atoms with Crippen LogP contribution in [0.5, 0.6) is 11.5 Å². The van der Waals surface area contributed by atoms with Crippen molar-refractivity contribution < 1.29 is 24.9 Å². The summed E-state index contributed by atoms with van der Waals surface area (Å²) in [7, 11) is 0. The Morgan fingerprint density at radius 1 is 0.952 bits per heavy atom. The number of nitrogens with two attached hydrogens (primary N) is 1. The van der Waals surface area contributed by atoms with Crippen LogP contribution in [0, 0.1) is 0 Å². The van der Waals surface area contributed by atoms with Gasteiger partial charge in [-0.3, -0.25) is 4.79 Å². The molecule has 4 rings (SSSR count). The van der Waals surface area contributed by atoms with E-state index in [1.54, 1.807) is 6.07 Å². The highest BCUT2D eigenvalue weighted by atomic mass is 16.5. The number of hydrogen-bond donors (Lipinski definition) is 7. The fourth-order valence-corrected chi connectivity index (χ4v) is 4.32. The van der Waals surface area contributed by atoms with Gasteiger partial charge >= 0.3 is 0 Å². The first kappa shape index (κ1) is 32.6. The lowest BCUT2D eigenvalue weighted by Crippen LogP contribution is -2.35. The fraction of sp³-hybridized carbons (Fsp3) is 0.364. The van der Waals surface area contributed by atoms with Gasteiger partial charge in [-0.15, -0.1) is 0 Å². The largest absolute Gasteiger partial charge is 0.507 e. The summed E-state index contributed by atoms with van der Waals surface area (Å²) in [6.07, 6.45) is 2.54. The summed E-state index contributed by atoms with van der Waals surface area (Å²) in [4.78, 5) is 14.4. The molecule has 0 fully saturated rings. The van der Waals surface area contributed by atoms with Crippen molar-refractivity contribution in [2.45, 2.75) is 57.9 Å². The first-order chi connectivity index (χ1) is 20.1. The molecule has 8 N–H and O–H groups in total. The Bertz CT molecular complexity index is 1380. The number of aromatic amines is 1. The van der Waals surface area contributed by atoms with E-state index < -0.39 is 18.1 Å². The van der Waals surface area contributed by atoms with E-state index >= 15 is 0 Å². The number of H-pyrrole nitrogens is 1. The lowest BCUT2D eigenvalue weighted by Gasteiger charge is -2.18. The molecule has 226 valence electrons. The van der Waals surface area contributed by atoms with Crippen LogP contribution in [0.1, 0.15) is 54.8 Å². The highest BCUT2D eigenvalue weighted by molar-refractivity contribution is 5.95. The van der Waals surface area contributed by atoms with Crippen molar-refractivity contribution in [2.75, 3.05) is 19.7 Å². The third kappa shape index (κ3) is 10.5. The standard InChI is InChI=1S/C19H24N2O3.C14H20N2O2/c1-13(7-8-14-5-3-2-4-6-14)21-12-18(23)15-9-10-17(22)16(11-15)19(20)24;1-10(2)16-8-11(17)9-18-14-5-3-4-13-12(14)6-7-15-13/h2-6,9-11,13,18,21-23H,7-8,12H2,1H3,(H2,20,24);3-7,10-11,15-17H,8-9H2,1-2H3. The van der Waals surface area contributed by atoms with Gasteiger partial charge in [-0.2, -0.15) is 0 Å². The maximum absolute atomic E-state index is 11.2. The molecule has 0 aliphatic rings.